The molecule has 0 unspecified atom stereocenters. The summed E-state index contributed by atoms with van der Waals surface area (Å²) >= 11 is 1.09. The van der Waals surface area contributed by atoms with Crippen LogP contribution >= 0.6 is 11.8 Å². The predicted molar refractivity (Wildman–Crippen MR) is 56.1 cm³/mol. The van der Waals surface area contributed by atoms with Crippen LogP contribution in [0.25, 0.3) is 0 Å². The van der Waals surface area contributed by atoms with Crippen molar-refractivity contribution in [3.63, 3.8) is 0 Å². The predicted octanol–water partition coefficient (Wildman–Crippen LogP) is 1.79. The van der Waals surface area contributed by atoms with Crippen molar-refractivity contribution in [2.75, 3.05) is 12.9 Å². The standard InChI is InChI=1S/C10H9FO4S/c1-15-9(12)5-16-6-2-3-8(11)7(4-6)10(13)14/h2-4H,5H2,1H3,(H,13,14). The molecule has 1 N–H and O–H groups in total. The minimum Gasteiger partial charge on any atom is -0.478 e. The van der Waals surface area contributed by atoms with Crippen molar-refractivity contribution in [3.05, 3.63) is 29.6 Å². The average Bonchev–Trinajstić information content (AvgIpc) is 2.27. The molecule has 1 aromatic carbocycles. The lowest BCUT2D eigenvalue weighted by Gasteiger charge is -2.02. The number of esters is 1. The van der Waals surface area contributed by atoms with Crippen molar-refractivity contribution in [2.45, 2.75) is 4.90 Å². The minimum atomic E-state index is -1.34. The maximum absolute atomic E-state index is 13.0. The molecule has 16 heavy (non-hydrogen) atoms. The van der Waals surface area contributed by atoms with Gasteiger partial charge in [0.2, 0.25) is 0 Å². The second kappa shape index (κ2) is 5.50. The highest BCUT2D eigenvalue weighted by Gasteiger charge is 2.11. The first-order valence-corrected chi connectivity index (χ1v) is 5.25. The fraction of sp³-hybridized carbons (Fsp3) is 0.200. The molecule has 0 amide bonds. The Morgan fingerprint density at radius 1 is 1.50 bits per heavy atom. The van der Waals surface area contributed by atoms with Gasteiger partial charge in [0, 0.05) is 4.90 Å². The van der Waals surface area contributed by atoms with Crippen LogP contribution in [0, 0.1) is 5.82 Å². The third-order valence-electron chi connectivity index (χ3n) is 1.75. The topological polar surface area (TPSA) is 63.6 Å². The zero-order valence-electron chi connectivity index (χ0n) is 8.40. The van der Waals surface area contributed by atoms with Gasteiger partial charge in [0.1, 0.15) is 5.82 Å². The van der Waals surface area contributed by atoms with Gasteiger partial charge < -0.3 is 9.84 Å². The molecule has 0 aromatic heterocycles. The van der Waals surface area contributed by atoms with Crippen LogP contribution in [0.5, 0.6) is 0 Å². The number of hydrogen-bond donors (Lipinski definition) is 1. The summed E-state index contributed by atoms with van der Waals surface area (Å²) in [4.78, 5) is 22.0. The number of halogens is 1. The molecule has 6 heteroatoms. The third-order valence-corrected chi connectivity index (χ3v) is 2.72. The summed E-state index contributed by atoms with van der Waals surface area (Å²) in [5, 5.41) is 8.67. The number of carbonyl (C=O) groups is 2. The average molecular weight is 244 g/mol. The van der Waals surface area contributed by atoms with Gasteiger partial charge >= 0.3 is 11.9 Å². The van der Waals surface area contributed by atoms with Crippen molar-refractivity contribution >= 4 is 23.7 Å². The van der Waals surface area contributed by atoms with Gasteiger partial charge in [0.25, 0.3) is 0 Å². The Labute approximate surface area is 95.4 Å². The van der Waals surface area contributed by atoms with E-state index in [1.54, 1.807) is 0 Å². The summed E-state index contributed by atoms with van der Waals surface area (Å²) < 4.78 is 17.4. The van der Waals surface area contributed by atoms with E-state index in [-0.39, 0.29) is 5.75 Å². The Kier molecular flexibility index (Phi) is 4.30. The van der Waals surface area contributed by atoms with Crippen LogP contribution in [0.3, 0.4) is 0 Å². The SMILES string of the molecule is COC(=O)CSc1ccc(F)c(C(=O)O)c1. The number of hydrogen-bond acceptors (Lipinski definition) is 4. The van der Waals surface area contributed by atoms with Crippen LogP contribution in [-0.2, 0) is 9.53 Å². The van der Waals surface area contributed by atoms with E-state index >= 15 is 0 Å². The Morgan fingerprint density at radius 3 is 2.75 bits per heavy atom. The number of rotatable bonds is 4. The second-order valence-corrected chi connectivity index (χ2v) is 3.86. The normalized spacial score (nSPS) is 9.88. The molecule has 86 valence electrons. The zero-order chi connectivity index (χ0) is 12.1. The van der Waals surface area contributed by atoms with Crippen LogP contribution in [0.15, 0.2) is 23.1 Å². The van der Waals surface area contributed by atoms with Gasteiger partial charge in [-0.05, 0) is 18.2 Å². The molecule has 0 aliphatic heterocycles. The first-order chi connectivity index (χ1) is 7.54. The van der Waals surface area contributed by atoms with E-state index in [4.69, 9.17) is 5.11 Å². The van der Waals surface area contributed by atoms with E-state index in [9.17, 15) is 14.0 Å². The van der Waals surface area contributed by atoms with Crippen LogP contribution in [0.4, 0.5) is 4.39 Å². The van der Waals surface area contributed by atoms with Crippen molar-refractivity contribution < 1.29 is 23.8 Å². The van der Waals surface area contributed by atoms with Gasteiger partial charge in [-0.3, -0.25) is 4.79 Å². The summed E-state index contributed by atoms with van der Waals surface area (Å²) in [5.41, 5.74) is -0.408. The summed E-state index contributed by atoms with van der Waals surface area (Å²) in [5.74, 6) is -2.50. The molecule has 4 nitrogen and oxygen atoms in total. The van der Waals surface area contributed by atoms with Crippen LogP contribution in [-0.4, -0.2) is 29.9 Å². The number of aromatic carboxylic acids is 1. The second-order valence-electron chi connectivity index (χ2n) is 2.81. The lowest BCUT2D eigenvalue weighted by molar-refractivity contribution is -0.137. The molecule has 0 bridgehead atoms. The molecule has 0 saturated heterocycles. The van der Waals surface area contributed by atoms with Crippen molar-refractivity contribution in [1.29, 1.82) is 0 Å². The molecule has 0 spiro atoms. The smallest absolute Gasteiger partial charge is 0.338 e. The largest absolute Gasteiger partial charge is 0.478 e. The number of carbonyl (C=O) groups excluding carboxylic acids is 1. The third kappa shape index (κ3) is 3.23. The van der Waals surface area contributed by atoms with Gasteiger partial charge in [-0.2, -0.15) is 0 Å². The fourth-order valence-electron chi connectivity index (χ4n) is 0.959. The molecular weight excluding hydrogens is 235 g/mol. The highest BCUT2D eigenvalue weighted by Crippen LogP contribution is 2.21. The fourth-order valence-corrected chi connectivity index (χ4v) is 1.73. The Balaban J connectivity index is 2.79. The molecule has 0 atom stereocenters. The van der Waals surface area contributed by atoms with Crippen LogP contribution in [0.2, 0.25) is 0 Å². The van der Waals surface area contributed by atoms with E-state index in [1.165, 1.54) is 19.2 Å². The number of carboxylic acid groups (broad SMARTS) is 1. The van der Waals surface area contributed by atoms with E-state index in [1.807, 2.05) is 0 Å². The Bertz CT molecular complexity index is 419. The van der Waals surface area contributed by atoms with Crippen molar-refractivity contribution in [1.82, 2.24) is 0 Å². The number of methoxy groups -OCH3 is 1. The van der Waals surface area contributed by atoms with E-state index < -0.39 is 23.3 Å². The molecule has 0 radical (unpaired) electrons. The van der Waals surface area contributed by atoms with Crippen molar-refractivity contribution in [2.24, 2.45) is 0 Å². The molecule has 0 fully saturated rings. The summed E-state index contributed by atoms with van der Waals surface area (Å²) in [6, 6.07) is 3.66. The lowest BCUT2D eigenvalue weighted by Crippen LogP contribution is -2.04. The van der Waals surface area contributed by atoms with E-state index in [0.29, 0.717) is 4.90 Å². The molecule has 0 aliphatic rings. The van der Waals surface area contributed by atoms with Gasteiger partial charge in [-0.15, -0.1) is 11.8 Å². The summed E-state index contributed by atoms with van der Waals surface area (Å²) in [6.07, 6.45) is 0. The summed E-state index contributed by atoms with van der Waals surface area (Å²) in [7, 11) is 1.26. The van der Waals surface area contributed by atoms with Gasteiger partial charge in [0.15, 0.2) is 0 Å². The zero-order valence-corrected chi connectivity index (χ0v) is 9.21. The summed E-state index contributed by atoms with van der Waals surface area (Å²) in [6.45, 7) is 0. The molecule has 0 heterocycles. The number of benzene rings is 1. The van der Waals surface area contributed by atoms with Gasteiger partial charge in [-0.1, -0.05) is 0 Å². The maximum Gasteiger partial charge on any atom is 0.338 e. The Hall–Kier alpha value is -1.56. The number of ether oxygens (including phenoxy) is 1. The van der Waals surface area contributed by atoms with E-state index in [2.05, 4.69) is 4.74 Å². The molecular formula is C10H9FO4S. The van der Waals surface area contributed by atoms with Gasteiger partial charge in [-0.25, -0.2) is 9.18 Å². The highest BCUT2D eigenvalue weighted by molar-refractivity contribution is 8.00. The number of carboxylic acids is 1. The number of thioether (sulfide) groups is 1. The highest BCUT2D eigenvalue weighted by atomic mass is 32.2. The van der Waals surface area contributed by atoms with E-state index in [0.717, 1.165) is 17.8 Å². The molecule has 1 rings (SSSR count). The van der Waals surface area contributed by atoms with Crippen LogP contribution in [0.1, 0.15) is 10.4 Å². The van der Waals surface area contributed by atoms with Crippen LogP contribution < -0.4 is 0 Å². The maximum atomic E-state index is 13.0. The first-order valence-electron chi connectivity index (χ1n) is 4.27. The quantitative estimate of drug-likeness (QED) is 0.646. The minimum absolute atomic E-state index is 0.0567. The Morgan fingerprint density at radius 2 is 2.19 bits per heavy atom. The first kappa shape index (κ1) is 12.5. The van der Waals surface area contributed by atoms with Gasteiger partial charge in [0.05, 0.1) is 18.4 Å². The molecule has 1 aromatic rings. The lowest BCUT2D eigenvalue weighted by atomic mass is 10.2. The molecule has 0 saturated carbocycles. The molecule has 0 aliphatic carbocycles. The monoisotopic (exact) mass is 244 g/mol. The van der Waals surface area contributed by atoms with Crippen molar-refractivity contribution in [3.8, 4) is 0 Å².